The van der Waals surface area contributed by atoms with Gasteiger partial charge in [0.25, 0.3) is 0 Å². The zero-order chi connectivity index (χ0) is 9.84. The van der Waals surface area contributed by atoms with Crippen molar-refractivity contribution in [3.8, 4) is 0 Å². The van der Waals surface area contributed by atoms with Crippen molar-refractivity contribution in [3.05, 3.63) is 0 Å². The van der Waals surface area contributed by atoms with Crippen molar-refractivity contribution in [2.24, 2.45) is 17.5 Å². The Bertz CT molecular complexity index is 213. The molecule has 0 unspecified atom stereocenters. The fourth-order valence-electron chi connectivity index (χ4n) is 1.46. The maximum Gasteiger partial charge on any atom is 0.220 e. The summed E-state index contributed by atoms with van der Waals surface area (Å²) in [5, 5.41) is 0.530. The van der Waals surface area contributed by atoms with E-state index in [4.69, 9.17) is 23.8 Å². The molecule has 1 heterocycles. The van der Waals surface area contributed by atoms with Gasteiger partial charge in [-0.1, -0.05) is 0 Å². The van der Waals surface area contributed by atoms with Crippen LogP contribution < -0.4 is 17.0 Å². The molecule has 0 saturated carbocycles. The highest BCUT2D eigenvalue weighted by Gasteiger charge is 2.23. The molecule has 1 aliphatic heterocycles. The number of amides is 1. The molecule has 13 heavy (non-hydrogen) atoms. The third kappa shape index (κ3) is 2.53. The predicted octanol–water partition coefficient (Wildman–Crippen LogP) is -1.07. The normalized spacial score (nSPS) is 18.4. The summed E-state index contributed by atoms with van der Waals surface area (Å²) in [6.07, 6.45) is 1.52. The number of likely N-dealkylation sites (tertiary alicyclic amines) is 1. The van der Waals surface area contributed by atoms with Gasteiger partial charge in [0, 0.05) is 19.0 Å². The molecule has 74 valence electrons. The van der Waals surface area contributed by atoms with Gasteiger partial charge in [0.2, 0.25) is 5.91 Å². The quantitative estimate of drug-likeness (QED) is 0.286. The van der Waals surface area contributed by atoms with Gasteiger partial charge >= 0.3 is 0 Å². The summed E-state index contributed by atoms with van der Waals surface area (Å²) in [6.45, 7) is 1.49. The molecule has 5 N–H and O–H groups in total. The first-order valence-corrected chi connectivity index (χ1v) is 4.61. The fourth-order valence-corrected chi connectivity index (χ4v) is 1.64. The van der Waals surface area contributed by atoms with E-state index in [2.05, 4.69) is 5.43 Å². The Hall–Kier alpha value is -0.880. The largest absolute Gasteiger partial charge is 0.369 e. The molecule has 0 aromatic rings. The van der Waals surface area contributed by atoms with E-state index in [-0.39, 0.29) is 11.8 Å². The van der Waals surface area contributed by atoms with Crippen LogP contribution in [0, 0.1) is 5.92 Å². The highest BCUT2D eigenvalue weighted by atomic mass is 32.1. The van der Waals surface area contributed by atoms with Crippen molar-refractivity contribution in [2.75, 3.05) is 13.1 Å². The van der Waals surface area contributed by atoms with Crippen molar-refractivity contribution in [1.29, 1.82) is 0 Å². The lowest BCUT2D eigenvalue weighted by Crippen LogP contribution is -2.48. The van der Waals surface area contributed by atoms with Crippen LogP contribution in [0.3, 0.4) is 0 Å². The molecule has 0 aromatic heterocycles. The summed E-state index contributed by atoms with van der Waals surface area (Å²) in [4.78, 5) is 12.8. The summed E-state index contributed by atoms with van der Waals surface area (Å²) >= 11 is 4.95. The monoisotopic (exact) mass is 202 g/mol. The molecule has 1 rings (SSSR count). The SMILES string of the molecule is NNC(=S)N1CCC(C(N)=O)CC1. The Balaban J connectivity index is 2.39. The number of piperidine rings is 1. The number of hydrogen-bond donors (Lipinski definition) is 3. The minimum absolute atomic E-state index is 0.00294. The second-order valence-corrected chi connectivity index (χ2v) is 3.50. The van der Waals surface area contributed by atoms with Crippen LogP contribution in [0.1, 0.15) is 12.8 Å². The number of nitrogens with two attached hydrogens (primary N) is 2. The lowest BCUT2D eigenvalue weighted by molar-refractivity contribution is -0.122. The minimum atomic E-state index is -0.216. The topological polar surface area (TPSA) is 84.4 Å². The Labute approximate surface area is 82.4 Å². The molecule has 0 atom stereocenters. The minimum Gasteiger partial charge on any atom is -0.369 e. The predicted molar refractivity (Wildman–Crippen MR) is 53.4 cm³/mol. The van der Waals surface area contributed by atoms with Crippen LogP contribution in [-0.2, 0) is 4.79 Å². The van der Waals surface area contributed by atoms with Gasteiger partial charge in [-0.15, -0.1) is 0 Å². The number of nitrogens with one attached hydrogen (secondary N) is 1. The molecule has 0 radical (unpaired) electrons. The third-order valence-electron chi connectivity index (χ3n) is 2.31. The van der Waals surface area contributed by atoms with Crippen LogP contribution in [0.2, 0.25) is 0 Å². The van der Waals surface area contributed by atoms with Gasteiger partial charge in [0.15, 0.2) is 5.11 Å². The third-order valence-corrected chi connectivity index (χ3v) is 2.68. The summed E-state index contributed by atoms with van der Waals surface area (Å²) < 4.78 is 0. The lowest BCUT2D eigenvalue weighted by Gasteiger charge is -2.31. The van der Waals surface area contributed by atoms with E-state index in [0.29, 0.717) is 5.11 Å². The zero-order valence-corrected chi connectivity index (χ0v) is 8.14. The number of nitrogens with zero attached hydrogens (tertiary/aromatic N) is 1. The summed E-state index contributed by atoms with van der Waals surface area (Å²) in [5.41, 5.74) is 7.61. The molecular weight excluding hydrogens is 188 g/mol. The molecule has 0 bridgehead atoms. The average molecular weight is 202 g/mol. The van der Waals surface area contributed by atoms with Crippen molar-refractivity contribution in [1.82, 2.24) is 10.3 Å². The first-order chi connectivity index (χ1) is 6.15. The van der Waals surface area contributed by atoms with Gasteiger partial charge in [-0.25, -0.2) is 5.84 Å². The van der Waals surface area contributed by atoms with Gasteiger partial charge in [-0.3, -0.25) is 4.79 Å². The summed E-state index contributed by atoms with van der Waals surface area (Å²) in [7, 11) is 0. The molecule has 0 spiro atoms. The molecule has 1 fully saturated rings. The second kappa shape index (κ2) is 4.38. The average Bonchev–Trinajstić information content (AvgIpc) is 2.17. The van der Waals surface area contributed by atoms with Crippen LogP contribution in [0.15, 0.2) is 0 Å². The maximum atomic E-state index is 10.8. The Morgan fingerprint density at radius 1 is 1.46 bits per heavy atom. The maximum absolute atomic E-state index is 10.8. The molecule has 1 aliphatic rings. The van der Waals surface area contributed by atoms with Gasteiger partial charge in [-0.05, 0) is 25.1 Å². The number of hydrogen-bond acceptors (Lipinski definition) is 3. The van der Waals surface area contributed by atoms with Gasteiger partial charge in [0.1, 0.15) is 0 Å². The standard InChI is InChI=1S/C7H14N4OS/c8-6(12)5-1-3-11(4-2-5)7(13)10-9/h5H,1-4,9H2,(H2,8,12)(H,10,13). The number of rotatable bonds is 1. The zero-order valence-electron chi connectivity index (χ0n) is 7.32. The van der Waals surface area contributed by atoms with Crippen molar-refractivity contribution < 1.29 is 4.79 Å². The smallest absolute Gasteiger partial charge is 0.220 e. The molecule has 0 aromatic carbocycles. The highest BCUT2D eigenvalue weighted by molar-refractivity contribution is 7.80. The molecule has 6 heteroatoms. The summed E-state index contributed by atoms with van der Waals surface area (Å²) in [5.74, 6) is 4.95. The molecule has 0 aliphatic carbocycles. The van der Waals surface area contributed by atoms with E-state index in [0.717, 1.165) is 25.9 Å². The van der Waals surface area contributed by atoms with Crippen LogP contribution in [0.25, 0.3) is 0 Å². The number of thiocarbonyl (C=S) groups is 1. The van der Waals surface area contributed by atoms with Crippen molar-refractivity contribution >= 4 is 23.2 Å². The van der Waals surface area contributed by atoms with Gasteiger partial charge < -0.3 is 16.1 Å². The van der Waals surface area contributed by atoms with E-state index < -0.39 is 0 Å². The van der Waals surface area contributed by atoms with E-state index in [1.54, 1.807) is 0 Å². The molecule has 1 amide bonds. The first kappa shape index (κ1) is 10.2. The van der Waals surface area contributed by atoms with E-state index >= 15 is 0 Å². The lowest BCUT2D eigenvalue weighted by atomic mass is 9.97. The van der Waals surface area contributed by atoms with E-state index in [1.165, 1.54) is 0 Å². The number of hydrazine groups is 1. The van der Waals surface area contributed by atoms with Gasteiger partial charge in [-0.2, -0.15) is 0 Å². The van der Waals surface area contributed by atoms with Crippen LogP contribution in [-0.4, -0.2) is 29.0 Å². The second-order valence-electron chi connectivity index (χ2n) is 3.11. The molecule has 5 nitrogen and oxygen atoms in total. The number of primary amides is 1. The van der Waals surface area contributed by atoms with E-state index in [1.807, 2.05) is 4.90 Å². The van der Waals surface area contributed by atoms with Crippen LogP contribution in [0.4, 0.5) is 0 Å². The van der Waals surface area contributed by atoms with Crippen LogP contribution >= 0.6 is 12.2 Å². The van der Waals surface area contributed by atoms with E-state index in [9.17, 15) is 4.79 Å². The molecular formula is C7H14N4OS. The Morgan fingerprint density at radius 3 is 2.38 bits per heavy atom. The summed E-state index contributed by atoms with van der Waals surface area (Å²) in [6, 6.07) is 0. The van der Waals surface area contributed by atoms with Gasteiger partial charge in [0.05, 0.1) is 0 Å². The Kier molecular flexibility index (Phi) is 3.44. The number of carbonyl (C=O) groups is 1. The fraction of sp³-hybridized carbons (Fsp3) is 0.714. The Morgan fingerprint density at radius 2 is 2.00 bits per heavy atom. The highest BCUT2D eigenvalue weighted by Crippen LogP contribution is 2.16. The van der Waals surface area contributed by atoms with Crippen molar-refractivity contribution in [3.63, 3.8) is 0 Å². The number of carbonyl (C=O) groups excluding carboxylic acids is 1. The molecule has 1 saturated heterocycles. The van der Waals surface area contributed by atoms with Crippen molar-refractivity contribution in [2.45, 2.75) is 12.8 Å². The van der Waals surface area contributed by atoms with Crippen LogP contribution in [0.5, 0.6) is 0 Å². The first-order valence-electron chi connectivity index (χ1n) is 4.20.